The van der Waals surface area contributed by atoms with Crippen molar-refractivity contribution in [1.29, 1.82) is 0 Å². The monoisotopic (exact) mass is 283 g/mol. The maximum Gasteiger partial charge on any atom is 0.326 e. The molecule has 0 aliphatic rings. The van der Waals surface area contributed by atoms with E-state index in [1.54, 1.807) is 17.9 Å². The van der Waals surface area contributed by atoms with Crippen molar-refractivity contribution in [3.05, 3.63) is 18.0 Å². The SMILES string of the molecule is COC(C(=O)N[C@@H](CC(C)C)C(=O)O)c1cnn(C)c1. The highest BCUT2D eigenvalue weighted by Gasteiger charge is 2.27. The molecule has 7 heteroatoms. The third-order valence-electron chi connectivity index (χ3n) is 2.82. The third kappa shape index (κ3) is 4.34. The fourth-order valence-corrected chi connectivity index (χ4v) is 1.91. The van der Waals surface area contributed by atoms with Crippen molar-refractivity contribution in [2.75, 3.05) is 7.11 Å². The van der Waals surface area contributed by atoms with E-state index in [2.05, 4.69) is 10.4 Å². The van der Waals surface area contributed by atoms with E-state index in [9.17, 15) is 9.59 Å². The molecule has 20 heavy (non-hydrogen) atoms. The van der Waals surface area contributed by atoms with E-state index in [1.807, 2.05) is 13.8 Å². The number of aliphatic carboxylic acids is 1. The van der Waals surface area contributed by atoms with Gasteiger partial charge in [0, 0.05) is 25.9 Å². The average Bonchev–Trinajstić information content (AvgIpc) is 2.75. The summed E-state index contributed by atoms with van der Waals surface area (Å²) < 4.78 is 6.69. The molecule has 1 aromatic rings. The van der Waals surface area contributed by atoms with Crippen molar-refractivity contribution >= 4 is 11.9 Å². The number of nitrogens with zero attached hydrogens (tertiary/aromatic N) is 2. The maximum atomic E-state index is 12.1. The van der Waals surface area contributed by atoms with Crippen LogP contribution in [0.1, 0.15) is 31.9 Å². The lowest BCUT2D eigenvalue weighted by molar-refractivity contribution is -0.144. The van der Waals surface area contributed by atoms with Gasteiger partial charge in [0.1, 0.15) is 6.04 Å². The van der Waals surface area contributed by atoms with Crippen LogP contribution in [0.5, 0.6) is 0 Å². The second-order valence-electron chi connectivity index (χ2n) is 5.09. The van der Waals surface area contributed by atoms with Crippen LogP contribution in [0, 0.1) is 5.92 Å². The summed E-state index contributed by atoms with van der Waals surface area (Å²) in [6, 6.07) is -0.920. The van der Waals surface area contributed by atoms with Crippen LogP contribution in [0.2, 0.25) is 0 Å². The van der Waals surface area contributed by atoms with Crippen molar-refractivity contribution in [3.63, 3.8) is 0 Å². The molecule has 0 fully saturated rings. The first-order chi connectivity index (χ1) is 9.35. The Labute approximate surface area is 117 Å². The van der Waals surface area contributed by atoms with Gasteiger partial charge in [0.2, 0.25) is 0 Å². The summed E-state index contributed by atoms with van der Waals surface area (Å²) in [6.07, 6.45) is 2.68. The number of rotatable bonds is 7. The van der Waals surface area contributed by atoms with E-state index in [0.717, 1.165) is 0 Å². The van der Waals surface area contributed by atoms with E-state index < -0.39 is 24.0 Å². The summed E-state index contributed by atoms with van der Waals surface area (Å²) in [5.41, 5.74) is 0.584. The van der Waals surface area contributed by atoms with Gasteiger partial charge in [0.05, 0.1) is 6.20 Å². The first kappa shape index (κ1) is 16.2. The molecule has 0 bridgehead atoms. The lowest BCUT2D eigenvalue weighted by atomic mass is 10.0. The quantitative estimate of drug-likeness (QED) is 0.769. The first-order valence-electron chi connectivity index (χ1n) is 6.39. The number of hydrogen-bond acceptors (Lipinski definition) is 4. The van der Waals surface area contributed by atoms with Gasteiger partial charge in [-0.05, 0) is 12.3 Å². The normalized spacial score (nSPS) is 14.1. The number of aromatic nitrogens is 2. The van der Waals surface area contributed by atoms with Gasteiger partial charge in [0.15, 0.2) is 6.10 Å². The molecule has 0 saturated carbocycles. The molecule has 0 spiro atoms. The first-order valence-corrected chi connectivity index (χ1v) is 6.39. The van der Waals surface area contributed by atoms with Crippen LogP contribution in [0.3, 0.4) is 0 Å². The molecular weight excluding hydrogens is 262 g/mol. The van der Waals surface area contributed by atoms with Gasteiger partial charge in [-0.15, -0.1) is 0 Å². The average molecular weight is 283 g/mol. The third-order valence-corrected chi connectivity index (χ3v) is 2.82. The topological polar surface area (TPSA) is 93.4 Å². The van der Waals surface area contributed by atoms with E-state index in [4.69, 9.17) is 9.84 Å². The summed E-state index contributed by atoms with van der Waals surface area (Å²) in [5, 5.41) is 15.6. The largest absolute Gasteiger partial charge is 0.480 e. The fourth-order valence-electron chi connectivity index (χ4n) is 1.91. The zero-order valence-corrected chi connectivity index (χ0v) is 12.2. The number of carbonyl (C=O) groups excluding carboxylic acids is 1. The van der Waals surface area contributed by atoms with E-state index >= 15 is 0 Å². The number of methoxy groups -OCH3 is 1. The molecule has 1 rings (SSSR count). The molecule has 0 radical (unpaired) electrons. The Hall–Kier alpha value is -1.89. The molecule has 1 heterocycles. The van der Waals surface area contributed by atoms with E-state index in [-0.39, 0.29) is 5.92 Å². The maximum absolute atomic E-state index is 12.1. The fraction of sp³-hybridized carbons (Fsp3) is 0.615. The Balaban J connectivity index is 2.78. The lowest BCUT2D eigenvalue weighted by Crippen LogP contribution is -2.44. The number of amides is 1. The standard InChI is InChI=1S/C13H21N3O4/c1-8(2)5-10(13(18)19)15-12(17)11(20-4)9-6-14-16(3)7-9/h6-8,10-11H,5H2,1-4H3,(H,15,17)(H,18,19)/t10-,11?/m0/s1. The summed E-state index contributed by atoms with van der Waals surface area (Å²) in [4.78, 5) is 23.3. The van der Waals surface area contributed by atoms with Crippen molar-refractivity contribution in [3.8, 4) is 0 Å². The predicted molar refractivity (Wildman–Crippen MR) is 72.0 cm³/mol. The Morgan fingerprint density at radius 3 is 2.55 bits per heavy atom. The van der Waals surface area contributed by atoms with Crippen LogP contribution in [-0.2, 0) is 21.4 Å². The number of carboxylic acid groups (broad SMARTS) is 1. The minimum Gasteiger partial charge on any atom is -0.480 e. The van der Waals surface area contributed by atoms with Crippen LogP contribution >= 0.6 is 0 Å². The number of carbonyl (C=O) groups is 2. The van der Waals surface area contributed by atoms with Crippen LogP contribution in [-0.4, -0.2) is 39.9 Å². The smallest absolute Gasteiger partial charge is 0.326 e. The van der Waals surface area contributed by atoms with Crippen molar-refractivity contribution in [2.24, 2.45) is 13.0 Å². The summed E-state index contributed by atoms with van der Waals surface area (Å²) in [7, 11) is 3.13. The van der Waals surface area contributed by atoms with Gasteiger partial charge in [-0.25, -0.2) is 4.79 Å². The molecular formula is C13H21N3O4. The van der Waals surface area contributed by atoms with Crippen molar-refractivity contribution in [1.82, 2.24) is 15.1 Å². The zero-order valence-electron chi connectivity index (χ0n) is 12.2. The molecule has 0 aliphatic heterocycles. The van der Waals surface area contributed by atoms with Crippen molar-refractivity contribution in [2.45, 2.75) is 32.4 Å². The van der Waals surface area contributed by atoms with Crippen LogP contribution in [0.25, 0.3) is 0 Å². The van der Waals surface area contributed by atoms with Crippen LogP contribution in [0.15, 0.2) is 12.4 Å². The Bertz CT molecular complexity index is 470. The van der Waals surface area contributed by atoms with Gasteiger partial charge < -0.3 is 15.2 Å². The zero-order chi connectivity index (χ0) is 15.3. The number of hydrogen-bond donors (Lipinski definition) is 2. The molecule has 1 amide bonds. The molecule has 2 N–H and O–H groups in total. The summed E-state index contributed by atoms with van der Waals surface area (Å²) in [6.45, 7) is 3.80. The van der Waals surface area contributed by atoms with E-state index in [0.29, 0.717) is 12.0 Å². The second kappa shape index (κ2) is 7.04. The molecule has 0 aliphatic carbocycles. The highest BCUT2D eigenvalue weighted by molar-refractivity contribution is 5.87. The number of aryl methyl sites for hydroxylation is 1. The van der Waals surface area contributed by atoms with Gasteiger partial charge in [0.25, 0.3) is 5.91 Å². The Morgan fingerprint density at radius 2 is 2.15 bits per heavy atom. The molecule has 7 nitrogen and oxygen atoms in total. The molecule has 2 atom stereocenters. The molecule has 112 valence electrons. The molecule has 1 aromatic heterocycles. The number of nitrogens with one attached hydrogen (secondary N) is 1. The van der Waals surface area contributed by atoms with E-state index in [1.165, 1.54) is 13.3 Å². The Kier molecular flexibility index (Phi) is 5.69. The summed E-state index contributed by atoms with van der Waals surface area (Å²) in [5.74, 6) is -1.36. The Morgan fingerprint density at radius 1 is 1.50 bits per heavy atom. The summed E-state index contributed by atoms with van der Waals surface area (Å²) >= 11 is 0. The minimum absolute atomic E-state index is 0.163. The lowest BCUT2D eigenvalue weighted by Gasteiger charge is -2.20. The number of ether oxygens (including phenoxy) is 1. The van der Waals surface area contributed by atoms with Gasteiger partial charge in [-0.1, -0.05) is 13.8 Å². The minimum atomic E-state index is -1.05. The van der Waals surface area contributed by atoms with Gasteiger partial charge in [-0.3, -0.25) is 9.48 Å². The van der Waals surface area contributed by atoms with Crippen LogP contribution < -0.4 is 5.32 Å². The highest BCUT2D eigenvalue weighted by Crippen LogP contribution is 2.16. The molecule has 0 aromatic carbocycles. The highest BCUT2D eigenvalue weighted by atomic mass is 16.5. The van der Waals surface area contributed by atoms with Crippen molar-refractivity contribution < 1.29 is 19.4 Å². The van der Waals surface area contributed by atoms with Gasteiger partial charge >= 0.3 is 5.97 Å². The van der Waals surface area contributed by atoms with Crippen LogP contribution in [0.4, 0.5) is 0 Å². The molecule has 0 saturated heterocycles. The van der Waals surface area contributed by atoms with Gasteiger partial charge in [-0.2, -0.15) is 5.10 Å². The second-order valence-corrected chi connectivity index (χ2v) is 5.09. The molecule has 1 unspecified atom stereocenters. The predicted octanol–water partition coefficient (Wildman–Crippen LogP) is 0.723. The number of carboxylic acids is 1.